The van der Waals surface area contributed by atoms with Gasteiger partial charge < -0.3 is 9.47 Å². The Balaban J connectivity index is 2.01. The zero-order valence-electron chi connectivity index (χ0n) is 13.6. The van der Waals surface area contributed by atoms with Gasteiger partial charge in [-0.1, -0.05) is 43.6 Å². The van der Waals surface area contributed by atoms with E-state index in [2.05, 4.69) is 13.8 Å². The lowest BCUT2D eigenvalue weighted by atomic mass is 10.0. The highest BCUT2D eigenvalue weighted by molar-refractivity contribution is 6.32. The van der Waals surface area contributed by atoms with E-state index in [0.717, 1.165) is 28.2 Å². The highest BCUT2D eigenvalue weighted by atomic mass is 35.5. The van der Waals surface area contributed by atoms with Crippen LogP contribution in [-0.4, -0.2) is 12.4 Å². The van der Waals surface area contributed by atoms with E-state index in [1.54, 1.807) is 19.1 Å². The maximum atomic E-state index is 10.6. The molecule has 0 radical (unpaired) electrons. The number of halogens is 1. The molecule has 0 aliphatic heterocycles. The highest BCUT2D eigenvalue weighted by Crippen LogP contribution is 2.28. The zero-order valence-corrected chi connectivity index (χ0v) is 14.3. The van der Waals surface area contributed by atoms with Crippen LogP contribution in [0.4, 0.5) is 0 Å². The van der Waals surface area contributed by atoms with Crippen molar-refractivity contribution >= 4 is 17.9 Å². The molecule has 2 rings (SSSR count). The summed E-state index contributed by atoms with van der Waals surface area (Å²) in [7, 11) is 0. The second-order valence-corrected chi connectivity index (χ2v) is 6.07. The largest absolute Gasteiger partial charge is 0.489 e. The molecule has 0 saturated heterocycles. The van der Waals surface area contributed by atoms with Crippen LogP contribution in [0.2, 0.25) is 5.02 Å². The molecule has 0 N–H and O–H groups in total. The highest BCUT2D eigenvalue weighted by Gasteiger charge is 2.09. The van der Waals surface area contributed by atoms with Gasteiger partial charge in [0, 0.05) is 5.56 Å². The number of rotatable bonds is 7. The first-order valence-electron chi connectivity index (χ1n) is 7.63. The lowest BCUT2D eigenvalue weighted by molar-refractivity contribution is -0.113. The fourth-order valence-electron chi connectivity index (χ4n) is 2.17. The molecule has 2 aromatic rings. The SMILES string of the molecule is CC(C=O)Oc1ccc(OCc2cccc(C(C)C)c2Cl)cc1. The van der Waals surface area contributed by atoms with Crippen LogP contribution in [-0.2, 0) is 11.4 Å². The first-order chi connectivity index (χ1) is 11.0. The maximum Gasteiger partial charge on any atom is 0.160 e. The summed E-state index contributed by atoms with van der Waals surface area (Å²) in [5.41, 5.74) is 2.09. The average molecular weight is 333 g/mol. The van der Waals surface area contributed by atoms with E-state index in [1.165, 1.54) is 0 Å². The molecule has 0 fully saturated rings. The van der Waals surface area contributed by atoms with Crippen LogP contribution in [0, 0.1) is 0 Å². The van der Waals surface area contributed by atoms with Crippen LogP contribution in [0.1, 0.15) is 37.8 Å². The smallest absolute Gasteiger partial charge is 0.160 e. The van der Waals surface area contributed by atoms with Crippen LogP contribution < -0.4 is 9.47 Å². The van der Waals surface area contributed by atoms with Gasteiger partial charge in [0.25, 0.3) is 0 Å². The van der Waals surface area contributed by atoms with Gasteiger partial charge >= 0.3 is 0 Å². The molecule has 0 heterocycles. The quantitative estimate of drug-likeness (QED) is 0.669. The second kappa shape index (κ2) is 8.02. The minimum Gasteiger partial charge on any atom is -0.489 e. The summed E-state index contributed by atoms with van der Waals surface area (Å²) >= 11 is 6.44. The molecule has 122 valence electrons. The molecule has 0 spiro atoms. The second-order valence-electron chi connectivity index (χ2n) is 5.69. The maximum absolute atomic E-state index is 10.6. The van der Waals surface area contributed by atoms with Crippen molar-refractivity contribution in [2.45, 2.75) is 39.4 Å². The summed E-state index contributed by atoms with van der Waals surface area (Å²) in [6.07, 6.45) is 0.299. The van der Waals surface area contributed by atoms with Gasteiger partial charge in [-0.2, -0.15) is 0 Å². The normalized spacial score (nSPS) is 12.0. The number of carbonyl (C=O) groups excluding carboxylic acids is 1. The summed E-state index contributed by atoms with van der Waals surface area (Å²) in [4.78, 5) is 10.6. The number of ether oxygens (including phenoxy) is 2. The molecule has 1 atom stereocenters. The third kappa shape index (κ3) is 4.73. The molecule has 23 heavy (non-hydrogen) atoms. The third-order valence-corrected chi connectivity index (χ3v) is 3.92. The van der Waals surface area contributed by atoms with Crippen molar-refractivity contribution in [1.29, 1.82) is 0 Å². The summed E-state index contributed by atoms with van der Waals surface area (Å²) in [6.45, 7) is 6.33. The molecule has 3 nitrogen and oxygen atoms in total. The van der Waals surface area contributed by atoms with Crippen molar-refractivity contribution in [1.82, 2.24) is 0 Å². The molecule has 0 aliphatic rings. The van der Waals surface area contributed by atoms with Gasteiger partial charge in [0.2, 0.25) is 0 Å². The molecular formula is C19H21ClO3. The van der Waals surface area contributed by atoms with Gasteiger partial charge in [-0.15, -0.1) is 0 Å². The van der Waals surface area contributed by atoms with Crippen molar-refractivity contribution in [3.8, 4) is 11.5 Å². The summed E-state index contributed by atoms with van der Waals surface area (Å²) in [5.74, 6) is 1.73. The minimum atomic E-state index is -0.459. The number of aldehydes is 1. The van der Waals surface area contributed by atoms with Crippen molar-refractivity contribution < 1.29 is 14.3 Å². The molecule has 4 heteroatoms. The van der Waals surface area contributed by atoms with Crippen LogP contribution in [0.5, 0.6) is 11.5 Å². The van der Waals surface area contributed by atoms with Gasteiger partial charge in [0.15, 0.2) is 12.4 Å². The summed E-state index contributed by atoms with van der Waals surface area (Å²) < 4.78 is 11.2. The van der Waals surface area contributed by atoms with E-state index in [9.17, 15) is 4.79 Å². The fourth-order valence-corrected chi connectivity index (χ4v) is 2.57. The average Bonchev–Trinajstić information content (AvgIpc) is 2.54. The monoisotopic (exact) mass is 332 g/mol. The van der Waals surface area contributed by atoms with E-state index in [0.29, 0.717) is 18.3 Å². The van der Waals surface area contributed by atoms with Crippen LogP contribution >= 0.6 is 11.6 Å². The standard InChI is InChI=1S/C19H21ClO3/c1-13(2)18-6-4-5-15(19(18)20)12-22-16-7-9-17(10-8-16)23-14(3)11-21/h4-11,13-14H,12H2,1-3H3. The molecule has 0 aliphatic carbocycles. The van der Waals surface area contributed by atoms with Crippen molar-refractivity contribution in [2.75, 3.05) is 0 Å². The van der Waals surface area contributed by atoms with Crippen molar-refractivity contribution in [3.05, 3.63) is 58.6 Å². The molecule has 1 unspecified atom stereocenters. The number of hydrogen-bond donors (Lipinski definition) is 0. The lowest BCUT2D eigenvalue weighted by Gasteiger charge is -2.13. The first-order valence-corrected chi connectivity index (χ1v) is 8.01. The van der Waals surface area contributed by atoms with E-state index in [4.69, 9.17) is 21.1 Å². The number of carbonyl (C=O) groups is 1. The molecule has 0 aromatic heterocycles. The van der Waals surface area contributed by atoms with E-state index < -0.39 is 6.10 Å². The molecule has 0 saturated carbocycles. The Bertz CT molecular complexity index is 650. The van der Waals surface area contributed by atoms with E-state index in [1.807, 2.05) is 30.3 Å². The Kier molecular flexibility index (Phi) is 6.05. The van der Waals surface area contributed by atoms with E-state index in [-0.39, 0.29) is 0 Å². The summed E-state index contributed by atoms with van der Waals surface area (Å²) in [5, 5.41) is 0.766. The van der Waals surface area contributed by atoms with E-state index >= 15 is 0 Å². The van der Waals surface area contributed by atoms with Gasteiger partial charge in [-0.3, -0.25) is 4.79 Å². The Morgan fingerprint density at radius 2 is 1.70 bits per heavy atom. The van der Waals surface area contributed by atoms with Crippen LogP contribution in [0.25, 0.3) is 0 Å². The van der Waals surface area contributed by atoms with Gasteiger partial charge in [0.1, 0.15) is 18.1 Å². The fraction of sp³-hybridized carbons (Fsp3) is 0.316. The zero-order chi connectivity index (χ0) is 16.8. The van der Waals surface area contributed by atoms with Gasteiger partial charge in [-0.25, -0.2) is 0 Å². The van der Waals surface area contributed by atoms with Gasteiger partial charge in [-0.05, 0) is 42.7 Å². The Morgan fingerprint density at radius 3 is 2.30 bits per heavy atom. The topological polar surface area (TPSA) is 35.5 Å². The molecular weight excluding hydrogens is 312 g/mol. The predicted molar refractivity (Wildman–Crippen MR) is 92.5 cm³/mol. The lowest BCUT2D eigenvalue weighted by Crippen LogP contribution is -2.12. The van der Waals surface area contributed by atoms with Crippen molar-refractivity contribution in [2.24, 2.45) is 0 Å². The van der Waals surface area contributed by atoms with Crippen LogP contribution in [0.15, 0.2) is 42.5 Å². The molecule has 0 bridgehead atoms. The predicted octanol–water partition coefficient (Wildman–Crippen LogP) is 5.01. The minimum absolute atomic E-state index is 0.374. The van der Waals surface area contributed by atoms with Crippen molar-refractivity contribution in [3.63, 3.8) is 0 Å². The van der Waals surface area contributed by atoms with Gasteiger partial charge in [0.05, 0.1) is 5.02 Å². The summed E-state index contributed by atoms with van der Waals surface area (Å²) in [6, 6.07) is 13.2. The van der Waals surface area contributed by atoms with Crippen LogP contribution in [0.3, 0.4) is 0 Å². The Hall–Kier alpha value is -2.00. The number of hydrogen-bond acceptors (Lipinski definition) is 3. The third-order valence-electron chi connectivity index (χ3n) is 3.46. The number of benzene rings is 2. The Morgan fingerprint density at radius 1 is 1.04 bits per heavy atom. The molecule has 0 amide bonds. The molecule has 2 aromatic carbocycles. The Labute approximate surface area is 142 Å². The first kappa shape index (κ1) is 17.4.